The van der Waals surface area contributed by atoms with Crippen molar-refractivity contribution in [3.63, 3.8) is 0 Å². The summed E-state index contributed by atoms with van der Waals surface area (Å²) in [5, 5.41) is 14.3. The molecule has 3 rings (SSSR count). The SMILES string of the molecule is CC(CCCC(=O)O)NC(=O)[C@@H](NC(=O)OCC1c2ccccc2-c2ccccc21)C(C)C. The molecule has 3 N–H and O–H groups in total. The van der Waals surface area contributed by atoms with E-state index in [1.54, 1.807) is 0 Å². The normalized spacial score (nSPS) is 14.2. The Morgan fingerprint density at radius 3 is 2.06 bits per heavy atom. The summed E-state index contributed by atoms with van der Waals surface area (Å²) in [5.74, 6) is -1.35. The second-order valence-electron chi connectivity index (χ2n) is 8.89. The molecule has 2 atom stereocenters. The zero-order valence-corrected chi connectivity index (χ0v) is 19.3. The number of nitrogens with one attached hydrogen (secondary N) is 2. The predicted octanol–water partition coefficient (Wildman–Crippen LogP) is 4.31. The van der Waals surface area contributed by atoms with Gasteiger partial charge in [-0.25, -0.2) is 4.79 Å². The van der Waals surface area contributed by atoms with Crippen molar-refractivity contribution in [1.29, 1.82) is 0 Å². The number of alkyl carbamates (subject to hydrolysis) is 1. The van der Waals surface area contributed by atoms with Gasteiger partial charge in [-0.05, 0) is 47.9 Å². The number of aliphatic carboxylic acids is 1. The summed E-state index contributed by atoms with van der Waals surface area (Å²) in [6, 6.07) is 15.3. The molecule has 0 aliphatic heterocycles. The van der Waals surface area contributed by atoms with E-state index in [0.29, 0.717) is 12.8 Å². The first-order valence-electron chi connectivity index (χ1n) is 11.4. The third kappa shape index (κ3) is 6.12. The molecule has 0 heterocycles. The lowest BCUT2D eigenvalue weighted by Crippen LogP contribution is -2.51. The van der Waals surface area contributed by atoms with E-state index in [0.717, 1.165) is 22.3 Å². The molecule has 0 saturated heterocycles. The summed E-state index contributed by atoms with van der Waals surface area (Å²) in [6.07, 6.45) is 0.451. The minimum absolute atomic E-state index is 0.0521. The largest absolute Gasteiger partial charge is 0.481 e. The molecule has 0 saturated carbocycles. The Morgan fingerprint density at radius 2 is 1.52 bits per heavy atom. The van der Waals surface area contributed by atoms with Gasteiger partial charge in [0.2, 0.25) is 5.91 Å². The van der Waals surface area contributed by atoms with Crippen LogP contribution < -0.4 is 10.6 Å². The van der Waals surface area contributed by atoms with Gasteiger partial charge in [0.25, 0.3) is 0 Å². The second-order valence-corrected chi connectivity index (χ2v) is 8.89. The topological polar surface area (TPSA) is 105 Å². The van der Waals surface area contributed by atoms with Gasteiger partial charge in [0.05, 0.1) is 0 Å². The van der Waals surface area contributed by atoms with Crippen LogP contribution in [-0.4, -0.2) is 41.8 Å². The monoisotopic (exact) mass is 452 g/mol. The average molecular weight is 453 g/mol. The number of hydrogen-bond acceptors (Lipinski definition) is 4. The lowest BCUT2D eigenvalue weighted by Gasteiger charge is -2.24. The van der Waals surface area contributed by atoms with Crippen molar-refractivity contribution in [3.05, 3.63) is 59.7 Å². The van der Waals surface area contributed by atoms with Crippen LogP contribution in [-0.2, 0) is 14.3 Å². The third-order valence-corrected chi connectivity index (χ3v) is 5.98. The van der Waals surface area contributed by atoms with Crippen LogP contribution in [0.2, 0.25) is 0 Å². The summed E-state index contributed by atoms with van der Waals surface area (Å²) in [6.45, 7) is 5.70. The third-order valence-electron chi connectivity index (χ3n) is 5.98. The molecule has 0 fully saturated rings. The van der Waals surface area contributed by atoms with E-state index < -0.39 is 18.1 Å². The van der Waals surface area contributed by atoms with Crippen molar-refractivity contribution < 1.29 is 24.2 Å². The molecule has 0 spiro atoms. The van der Waals surface area contributed by atoms with Gasteiger partial charge >= 0.3 is 12.1 Å². The predicted molar refractivity (Wildman–Crippen MR) is 126 cm³/mol. The maximum Gasteiger partial charge on any atom is 0.407 e. The number of amides is 2. The molecule has 0 bridgehead atoms. The molecule has 1 unspecified atom stereocenters. The van der Waals surface area contributed by atoms with Crippen molar-refractivity contribution in [2.24, 2.45) is 5.92 Å². The van der Waals surface area contributed by atoms with E-state index in [9.17, 15) is 14.4 Å². The average Bonchev–Trinajstić information content (AvgIpc) is 3.09. The van der Waals surface area contributed by atoms with Gasteiger partial charge in [0.15, 0.2) is 0 Å². The molecular weight excluding hydrogens is 420 g/mol. The van der Waals surface area contributed by atoms with Crippen molar-refractivity contribution in [2.45, 2.75) is 58.0 Å². The molecule has 0 aromatic heterocycles. The smallest absolute Gasteiger partial charge is 0.407 e. The van der Waals surface area contributed by atoms with Gasteiger partial charge in [-0.15, -0.1) is 0 Å². The zero-order valence-electron chi connectivity index (χ0n) is 19.3. The van der Waals surface area contributed by atoms with Gasteiger partial charge in [-0.2, -0.15) is 0 Å². The van der Waals surface area contributed by atoms with Crippen LogP contribution in [0.4, 0.5) is 4.79 Å². The Labute approximate surface area is 194 Å². The molecule has 2 amide bonds. The highest BCUT2D eigenvalue weighted by Gasteiger charge is 2.30. The summed E-state index contributed by atoms with van der Waals surface area (Å²) >= 11 is 0. The summed E-state index contributed by atoms with van der Waals surface area (Å²) in [5.41, 5.74) is 4.55. The van der Waals surface area contributed by atoms with Crippen LogP contribution in [0.25, 0.3) is 11.1 Å². The Bertz CT molecular complexity index is 958. The number of fused-ring (bicyclic) bond motifs is 3. The number of ether oxygens (including phenoxy) is 1. The number of rotatable bonds is 10. The quantitative estimate of drug-likeness (QED) is 0.498. The van der Waals surface area contributed by atoms with Crippen LogP contribution in [0, 0.1) is 5.92 Å². The Kier molecular flexibility index (Phi) is 8.09. The number of benzene rings is 2. The highest BCUT2D eigenvalue weighted by atomic mass is 16.5. The van der Waals surface area contributed by atoms with Gasteiger partial charge in [0.1, 0.15) is 12.6 Å². The standard InChI is InChI=1S/C26H32N2O5/c1-16(2)24(25(31)27-17(3)9-8-14-23(29)30)28-26(32)33-15-22-20-12-6-4-10-18(20)19-11-5-7-13-21(19)22/h4-7,10-13,16-17,22,24H,8-9,14-15H2,1-3H3,(H,27,31)(H,28,32)(H,29,30)/t17?,24-/m0/s1. The van der Waals surface area contributed by atoms with Crippen LogP contribution >= 0.6 is 0 Å². The maximum absolute atomic E-state index is 12.7. The molecular formula is C26H32N2O5. The van der Waals surface area contributed by atoms with Gasteiger partial charge in [-0.3, -0.25) is 9.59 Å². The molecule has 2 aromatic carbocycles. The number of carbonyl (C=O) groups excluding carboxylic acids is 2. The molecule has 33 heavy (non-hydrogen) atoms. The fourth-order valence-electron chi connectivity index (χ4n) is 4.27. The lowest BCUT2D eigenvalue weighted by atomic mass is 9.98. The van der Waals surface area contributed by atoms with Gasteiger partial charge < -0.3 is 20.5 Å². The number of carbonyl (C=O) groups is 3. The van der Waals surface area contributed by atoms with Gasteiger partial charge in [-0.1, -0.05) is 62.4 Å². The highest BCUT2D eigenvalue weighted by Crippen LogP contribution is 2.44. The first-order valence-corrected chi connectivity index (χ1v) is 11.4. The minimum atomic E-state index is -0.856. The molecule has 2 aromatic rings. The highest BCUT2D eigenvalue weighted by molar-refractivity contribution is 5.86. The molecule has 7 nitrogen and oxygen atoms in total. The Morgan fingerprint density at radius 1 is 0.939 bits per heavy atom. The molecule has 1 aliphatic carbocycles. The van der Waals surface area contributed by atoms with Gasteiger partial charge in [0, 0.05) is 18.4 Å². The fraction of sp³-hybridized carbons (Fsp3) is 0.423. The van der Waals surface area contributed by atoms with E-state index in [4.69, 9.17) is 9.84 Å². The number of hydrogen-bond donors (Lipinski definition) is 3. The van der Waals surface area contributed by atoms with Crippen molar-refractivity contribution in [3.8, 4) is 11.1 Å². The van der Waals surface area contributed by atoms with E-state index in [2.05, 4.69) is 34.9 Å². The van der Waals surface area contributed by atoms with E-state index in [1.165, 1.54) is 0 Å². The Hall–Kier alpha value is -3.35. The lowest BCUT2D eigenvalue weighted by molar-refractivity contribution is -0.137. The number of carboxylic acids is 1. The Balaban J connectivity index is 1.57. The van der Waals surface area contributed by atoms with E-state index in [-0.39, 0.29) is 36.8 Å². The number of carboxylic acid groups (broad SMARTS) is 1. The second kappa shape index (κ2) is 11.0. The summed E-state index contributed by atoms with van der Waals surface area (Å²) in [7, 11) is 0. The first kappa shape index (κ1) is 24.3. The maximum atomic E-state index is 12.7. The van der Waals surface area contributed by atoms with Crippen molar-refractivity contribution in [1.82, 2.24) is 10.6 Å². The molecule has 0 radical (unpaired) electrons. The minimum Gasteiger partial charge on any atom is -0.481 e. The van der Waals surface area contributed by atoms with Crippen LogP contribution in [0.3, 0.4) is 0 Å². The summed E-state index contributed by atoms with van der Waals surface area (Å²) < 4.78 is 5.57. The molecule has 176 valence electrons. The van der Waals surface area contributed by atoms with Crippen LogP contribution in [0.15, 0.2) is 48.5 Å². The van der Waals surface area contributed by atoms with E-state index in [1.807, 2.05) is 45.0 Å². The summed E-state index contributed by atoms with van der Waals surface area (Å²) in [4.78, 5) is 36.0. The molecule has 7 heteroatoms. The zero-order chi connectivity index (χ0) is 24.0. The van der Waals surface area contributed by atoms with Crippen LogP contribution in [0.5, 0.6) is 0 Å². The van der Waals surface area contributed by atoms with E-state index >= 15 is 0 Å². The van der Waals surface area contributed by atoms with Crippen LogP contribution in [0.1, 0.15) is 57.1 Å². The van der Waals surface area contributed by atoms with Crippen molar-refractivity contribution in [2.75, 3.05) is 6.61 Å². The molecule has 1 aliphatic rings. The fourth-order valence-corrected chi connectivity index (χ4v) is 4.27. The van der Waals surface area contributed by atoms with Crippen molar-refractivity contribution >= 4 is 18.0 Å². The first-order chi connectivity index (χ1) is 15.8.